The van der Waals surface area contributed by atoms with Gasteiger partial charge in [-0.15, -0.1) is 0 Å². The van der Waals surface area contributed by atoms with E-state index in [1.54, 1.807) is 25.6 Å². The molecule has 0 bridgehead atoms. The van der Waals surface area contributed by atoms with Crippen molar-refractivity contribution in [1.82, 2.24) is 4.90 Å². The Balaban J connectivity index is 1.32. The molecule has 1 aromatic heterocycles. The van der Waals surface area contributed by atoms with Gasteiger partial charge in [0.05, 0.1) is 19.8 Å². The summed E-state index contributed by atoms with van der Waals surface area (Å²) in [6.45, 7) is 1.78. The van der Waals surface area contributed by atoms with E-state index in [1.807, 2.05) is 18.2 Å². The first-order chi connectivity index (χ1) is 20.4. The normalized spacial score (nSPS) is 13.7. The van der Waals surface area contributed by atoms with Gasteiger partial charge >= 0.3 is 0 Å². The fraction of sp³-hybridized carbons (Fsp3) is 0.194. The Morgan fingerprint density at radius 1 is 0.857 bits per heavy atom. The molecule has 1 aliphatic rings. The highest BCUT2D eigenvalue weighted by atomic mass is 32.1. The lowest BCUT2D eigenvalue weighted by atomic mass is 9.99. The van der Waals surface area contributed by atoms with Crippen LogP contribution < -0.4 is 18.9 Å². The molecule has 0 atom stereocenters. The third-order valence-electron chi connectivity index (χ3n) is 7.69. The molecular formula is C36H36N3O2S+. The molecule has 0 unspecified atom stereocenters. The van der Waals surface area contributed by atoms with Crippen LogP contribution in [0.15, 0.2) is 97.2 Å². The second-order valence-electron chi connectivity index (χ2n) is 10.8. The molecule has 0 fully saturated rings. The average Bonchev–Trinajstić information content (AvgIpc) is 3.32. The Bertz CT molecular complexity index is 1780. The molecule has 0 amide bonds. The Hall–Kier alpha value is -4.39. The van der Waals surface area contributed by atoms with Crippen molar-refractivity contribution in [1.29, 1.82) is 0 Å². The highest BCUT2D eigenvalue weighted by molar-refractivity contribution is 7.19. The van der Waals surface area contributed by atoms with Gasteiger partial charge in [0.2, 0.25) is 5.52 Å². The van der Waals surface area contributed by atoms with Gasteiger partial charge in [-0.05, 0) is 72.8 Å². The van der Waals surface area contributed by atoms with Crippen molar-refractivity contribution in [2.24, 2.45) is 7.05 Å². The Labute approximate surface area is 252 Å². The van der Waals surface area contributed by atoms with Crippen molar-refractivity contribution in [3.8, 4) is 22.6 Å². The Kier molecular flexibility index (Phi) is 7.83. The molecule has 0 saturated carbocycles. The summed E-state index contributed by atoms with van der Waals surface area (Å²) in [5, 5.41) is 1.19. The lowest BCUT2D eigenvalue weighted by molar-refractivity contribution is -0.642. The number of anilines is 1. The predicted octanol–water partition coefficient (Wildman–Crippen LogP) is 7.55. The van der Waals surface area contributed by atoms with Crippen LogP contribution in [0.4, 0.5) is 5.69 Å². The molecule has 5 aromatic rings. The number of benzene rings is 4. The van der Waals surface area contributed by atoms with Gasteiger partial charge in [-0.1, -0.05) is 59.9 Å². The highest BCUT2D eigenvalue weighted by Crippen LogP contribution is 2.40. The molecule has 0 saturated heterocycles. The Morgan fingerprint density at radius 2 is 1.57 bits per heavy atom. The van der Waals surface area contributed by atoms with Gasteiger partial charge in [-0.3, -0.25) is 0 Å². The van der Waals surface area contributed by atoms with E-state index in [4.69, 9.17) is 9.47 Å². The van der Waals surface area contributed by atoms with Crippen LogP contribution in [0, 0.1) is 0 Å². The monoisotopic (exact) mass is 574 g/mol. The van der Waals surface area contributed by atoms with E-state index in [1.165, 1.54) is 43.2 Å². The quantitative estimate of drug-likeness (QED) is 0.179. The van der Waals surface area contributed by atoms with Crippen LogP contribution in [-0.2, 0) is 20.1 Å². The number of fused-ring (bicyclic) bond motifs is 2. The zero-order valence-corrected chi connectivity index (χ0v) is 25.6. The minimum atomic E-state index is 0.801. The van der Waals surface area contributed by atoms with Crippen LogP contribution in [0.1, 0.15) is 21.7 Å². The summed E-state index contributed by atoms with van der Waals surface area (Å²) in [5.74, 6) is 1.60. The van der Waals surface area contributed by atoms with E-state index in [0.717, 1.165) is 35.7 Å². The van der Waals surface area contributed by atoms with Gasteiger partial charge in [-0.25, -0.2) is 0 Å². The van der Waals surface area contributed by atoms with E-state index in [-0.39, 0.29) is 0 Å². The second kappa shape index (κ2) is 11.8. The van der Waals surface area contributed by atoms with Crippen LogP contribution >= 0.6 is 11.3 Å². The van der Waals surface area contributed by atoms with Gasteiger partial charge < -0.3 is 19.3 Å². The number of aromatic nitrogens is 1. The summed E-state index contributed by atoms with van der Waals surface area (Å²) in [4.78, 5) is 4.53. The van der Waals surface area contributed by atoms with Gasteiger partial charge in [0.1, 0.15) is 23.2 Å². The van der Waals surface area contributed by atoms with Crippen molar-refractivity contribution >= 4 is 38.9 Å². The van der Waals surface area contributed by atoms with Crippen molar-refractivity contribution in [2.75, 3.05) is 33.2 Å². The van der Waals surface area contributed by atoms with Crippen molar-refractivity contribution in [2.45, 2.75) is 13.1 Å². The molecule has 5 nitrogen and oxygen atoms in total. The van der Waals surface area contributed by atoms with Gasteiger partial charge in [0.25, 0.3) is 5.01 Å². The van der Waals surface area contributed by atoms with Gasteiger partial charge in [0.15, 0.2) is 0 Å². The highest BCUT2D eigenvalue weighted by Gasteiger charge is 2.22. The summed E-state index contributed by atoms with van der Waals surface area (Å²) < 4.78 is 14.8. The first kappa shape index (κ1) is 27.8. The summed E-state index contributed by atoms with van der Waals surface area (Å²) in [6, 6.07) is 30.1. The number of para-hydroxylation sites is 1. The number of thiazole rings is 1. The smallest absolute Gasteiger partial charge is 0.263 e. The zero-order chi connectivity index (χ0) is 29.2. The third-order valence-corrected chi connectivity index (χ3v) is 8.84. The topological polar surface area (TPSA) is 28.8 Å². The SMILES string of the molecule is COc1cccc(OC)c1-c1ccc2c(c1)sc(C=C1C=CN(Cc3ccc(CN(C)C)cc3)c3ccccc31)[n+]2C. The third kappa shape index (κ3) is 5.43. The maximum absolute atomic E-state index is 5.68. The number of hydrogen-bond acceptors (Lipinski definition) is 5. The lowest BCUT2D eigenvalue weighted by Crippen LogP contribution is -2.29. The number of hydrogen-bond donors (Lipinski definition) is 0. The maximum Gasteiger partial charge on any atom is 0.263 e. The molecule has 6 rings (SSSR count). The van der Waals surface area contributed by atoms with E-state index in [2.05, 4.69) is 121 Å². The standard InChI is InChI=1S/C36H36N3O2S/c1-37(2)23-25-13-15-26(16-14-25)24-39-20-19-27(29-9-6-7-10-30(29)39)22-35-38(3)31-18-17-28(21-34(31)42-35)36-32(40-4)11-8-12-33(36)41-5/h6-22H,23-24H2,1-5H3/q+1. The largest absolute Gasteiger partial charge is 0.496 e. The molecule has 1 aliphatic heterocycles. The number of methoxy groups -OCH3 is 2. The number of aryl methyl sites for hydroxylation is 1. The number of ether oxygens (including phenoxy) is 2. The summed E-state index contributed by atoms with van der Waals surface area (Å²) >= 11 is 1.79. The minimum Gasteiger partial charge on any atom is -0.496 e. The van der Waals surface area contributed by atoms with E-state index >= 15 is 0 Å². The van der Waals surface area contributed by atoms with Gasteiger partial charge in [0, 0.05) is 42.7 Å². The van der Waals surface area contributed by atoms with Crippen molar-refractivity contribution in [3.05, 3.63) is 119 Å². The van der Waals surface area contributed by atoms with E-state index < -0.39 is 0 Å². The molecule has 2 heterocycles. The zero-order valence-electron chi connectivity index (χ0n) is 24.8. The molecule has 0 spiro atoms. The predicted molar refractivity (Wildman–Crippen MR) is 175 cm³/mol. The second-order valence-corrected chi connectivity index (χ2v) is 11.9. The molecule has 212 valence electrons. The summed E-state index contributed by atoms with van der Waals surface area (Å²) in [5.41, 5.74) is 9.52. The van der Waals surface area contributed by atoms with E-state index in [0.29, 0.717) is 0 Å². The minimum absolute atomic E-state index is 0.801. The average molecular weight is 575 g/mol. The maximum atomic E-state index is 5.68. The number of nitrogens with zero attached hydrogens (tertiary/aromatic N) is 3. The first-order valence-corrected chi connectivity index (χ1v) is 14.9. The fourth-order valence-electron chi connectivity index (χ4n) is 5.61. The van der Waals surface area contributed by atoms with Crippen LogP contribution in [0.3, 0.4) is 0 Å². The van der Waals surface area contributed by atoms with Crippen molar-refractivity contribution < 1.29 is 14.0 Å². The molecule has 42 heavy (non-hydrogen) atoms. The molecule has 0 aliphatic carbocycles. The molecule has 0 N–H and O–H groups in total. The Morgan fingerprint density at radius 3 is 2.29 bits per heavy atom. The van der Waals surface area contributed by atoms with Crippen LogP contribution in [0.25, 0.3) is 33.0 Å². The fourth-order valence-corrected chi connectivity index (χ4v) is 6.75. The van der Waals surface area contributed by atoms with Gasteiger partial charge in [-0.2, -0.15) is 4.57 Å². The molecular weight excluding hydrogens is 538 g/mol. The summed E-state index contributed by atoms with van der Waals surface area (Å²) in [7, 11) is 9.74. The van der Waals surface area contributed by atoms with Crippen LogP contribution in [0.2, 0.25) is 0 Å². The molecule has 4 aromatic carbocycles. The molecule has 0 radical (unpaired) electrons. The number of rotatable bonds is 8. The first-order valence-electron chi connectivity index (χ1n) is 14.1. The van der Waals surface area contributed by atoms with Crippen LogP contribution in [-0.4, -0.2) is 33.2 Å². The molecule has 6 heteroatoms. The number of allylic oxidation sites excluding steroid dienone is 2. The summed E-state index contributed by atoms with van der Waals surface area (Å²) in [6.07, 6.45) is 6.75. The van der Waals surface area contributed by atoms with Crippen molar-refractivity contribution in [3.63, 3.8) is 0 Å². The lowest BCUT2D eigenvalue weighted by Gasteiger charge is -2.27. The van der Waals surface area contributed by atoms with Crippen LogP contribution in [0.5, 0.6) is 11.5 Å². The van der Waals surface area contributed by atoms with E-state index in [9.17, 15) is 0 Å².